The molecule has 7 nitrogen and oxygen atoms in total. The number of amides is 1. The predicted octanol–water partition coefficient (Wildman–Crippen LogP) is 3.61. The molecule has 2 aromatic carbocycles. The van der Waals surface area contributed by atoms with Crippen LogP contribution in [0.1, 0.15) is 10.6 Å². The number of esters is 1. The molecule has 0 unspecified atom stereocenters. The number of halogens is 1. The molecule has 4 rings (SSSR count). The zero-order valence-corrected chi connectivity index (χ0v) is 14.0. The smallest absolute Gasteiger partial charge is 0.374 e. The number of rotatable bonds is 4. The molecule has 1 amide bonds. The molecule has 0 fully saturated rings. The maximum absolute atomic E-state index is 12.0. The van der Waals surface area contributed by atoms with Crippen LogP contribution in [0.3, 0.4) is 0 Å². The molecular weight excluding hydrogens is 362 g/mol. The van der Waals surface area contributed by atoms with Crippen LogP contribution in [0.5, 0.6) is 11.5 Å². The van der Waals surface area contributed by atoms with Crippen LogP contribution in [0.4, 0.5) is 5.69 Å². The topological polar surface area (TPSA) is 87.0 Å². The van der Waals surface area contributed by atoms with E-state index in [0.29, 0.717) is 33.2 Å². The van der Waals surface area contributed by atoms with Crippen molar-refractivity contribution in [2.45, 2.75) is 0 Å². The first-order valence-electron chi connectivity index (χ1n) is 7.64. The Kier molecular flexibility index (Phi) is 4.14. The van der Waals surface area contributed by atoms with Crippen molar-refractivity contribution in [2.75, 3.05) is 18.7 Å². The number of furan rings is 1. The fourth-order valence-corrected chi connectivity index (χ4v) is 2.67. The number of carbonyl (C=O) groups excluding carboxylic acids is 2. The molecule has 132 valence electrons. The fourth-order valence-electron chi connectivity index (χ4n) is 2.49. The van der Waals surface area contributed by atoms with Gasteiger partial charge in [0, 0.05) is 22.2 Å². The third-order valence-electron chi connectivity index (χ3n) is 3.67. The molecule has 1 aliphatic heterocycles. The molecule has 1 N–H and O–H groups in total. The van der Waals surface area contributed by atoms with Gasteiger partial charge < -0.3 is 23.9 Å². The fraction of sp³-hybridized carbons (Fsp3) is 0.111. The van der Waals surface area contributed by atoms with Gasteiger partial charge >= 0.3 is 5.97 Å². The SMILES string of the molecule is O=C(COC(=O)c1cc2cc(Cl)ccc2o1)Nc1ccc2c(c1)OCO2. The zero-order chi connectivity index (χ0) is 18.1. The lowest BCUT2D eigenvalue weighted by Crippen LogP contribution is -2.20. The highest BCUT2D eigenvalue weighted by Crippen LogP contribution is 2.34. The van der Waals surface area contributed by atoms with Gasteiger partial charge in [-0.15, -0.1) is 0 Å². The van der Waals surface area contributed by atoms with Crippen LogP contribution in [0.25, 0.3) is 11.0 Å². The standard InChI is InChI=1S/C18H12ClNO6/c19-11-1-3-13-10(5-11)6-16(26-13)18(22)23-8-17(21)20-12-2-4-14-15(7-12)25-9-24-14/h1-7H,8-9H2,(H,20,21). The molecule has 0 saturated carbocycles. The third kappa shape index (κ3) is 3.29. The number of fused-ring (bicyclic) bond motifs is 2. The lowest BCUT2D eigenvalue weighted by atomic mass is 10.2. The summed E-state index contributed by atoms with van der Waals surface area (Å²) in [5.41, 5.74) is 1.01. The minimum atomic E-state index is -0.738. The lowest BCUT2D eigenvalue weighted by molar-refractivity contribution is -0.119. The highest BCUT2D eigenvalue weighted by molar-refractivity contribution is 6.31. The molecule has 1 aliphatic rings. The summed E-state index contributed by atoms with van der Waals surface area (Å²) in [4.78, 5) is 24.0. The van der Waals surface area contributed by atoms with Crippen molar-refractivity contribution in [3.63, 3.8) is 0 Å². The van der Waals surface area contributed by atoms with Crippen LogP contribution in [0.2, 0.25) is 5.02 Å². The number of nitrogens with one attached hydrogen (secondary N) is 1. The Bertz CT molecular complexity index is 1010. The van der Waals surface area contributed by atoms with Gasteiger partial charge in [-0.2, -0.15) is 0 Å². The minimum Gasteiger partial charge on any atom is -0.454 e. The molecule has 0 bridgehead atoms. The van der Waals surface area contributed by atoms with Crippen LogP contribution in [-0.2, 0) is 9.53 Å². The number of benzene rings is 2. The van der Waals surface area contributed by atoms with Crippen LogP contribution in [0, 0.1) is 0 Å². The summed E-state index contributed by atoms with van der Waals surface area (Å²) in [6.45, 7) is -0.307. The van der Waals surface area contributed by atoms with Crippen molar-refractivity contribution in [3.05, 3.63) is 53.2 Å². The Morgan fingerprint density at radius 2 is 1.92 bits per heavy atom. The molecular formula is C18H12ClNO6. The van der Waals surface area contributed by atoms with Gasteiger partial charge in [0.1, 0.15) is 5.58 Å². The van der Waals surface area contributed by atoms with E-state index in [0.717, 1.165) is 0 Å². The molecule has 26 heavy (non-hydrogen) atoms. The Morgan fingerprint density at radius 3 is 2.81 bits per heavy atom. The zero-order valence-electron chi connectivity index (χ0n) is 13.3. The largest absolute Gasteiger partial charge is 0.454 e. The van der Waals surface area contributed by atoms with Crippen LogP contribution in [0.15, 0.2) is 46.9 Å². The molecule has 8 heteroatoms. The number of hydrogen-bond donors (Lipinski definition) is 1. The lowest BCUT2D eigenvalue weighted by Gasteiger charge is -2.06. The third-order valence-corrected chi connectivity index (χ3v) is 3.91. The van der Waals surface area contributed by atoms with Crippen LogP contribution < -0.4 is 14.8 Å². The molecule has 0 saturated heterocycles. The summed E-state index contributed by atoms with van der Waals surface area (Å²) in [6.07, 6.45) is 0. The van der Waals surface area contributed by atoms with E-state index in [1.165, 1.54) is 6.07 Å². The van der Waals surface area contributed by atoms with Gasteiger partial charge in [-0.25, -0.2) is 4.79 Å². The highest BCUT2D eigenvalue weighted by atomic mass is 35.5. The van der Waals surface area contributed by atoms with E-state index in [9.17, 15) is 9.59 Å². The van der Waals surface area contributed by atoms with Gasteiger partial charge in [0.15, 0.2) is 18.1 Å². The van der Waals surface area contributed by atoms with Gasteiger partial charge in [-0.05, 0) is 36.4 Å². The molecule has 1 aromatic heterocycles. The first kappa shape index (κ1) is 16.3. The van der Waals surface area contributed by atoms with Gasteiger partial charge in [-0.3, -0.25) is 4.79 Å². The normalized spacial score (nSPS) is 12.2. The van der Waals surface area contributed by atoms with E-state index in [4.69, 9.17) is 30.2 Å². The summed E-state index contributed by atoms with van der Waals surface area (Å²) in [6, 6.07) is 11.5. The summed E-state index contributed by atoms with van der Waals surface area (Å²) >= 11 is 5.89. The Balaban J connectivity index is 1.36. The number of hydrogen-bond acceptors (Lipinski definition) is 6. The van der Waals surface area contributed by atoms with Crippen molar-refractivity contribution >= 4 is 40.1 Å². The van der Waals surface area contributed by atoms with E-state index >= 15 is 0 Å². The van der Waals surface area contributed by atoms with Crippen molar-refractivity contribution in [3.8, 4) is 11.5 Å². The molecule has 0 atom stereocenters. The number of anilines is 1. The quantitative estimate of drug-likeness (QED) is 0.703. The molecule has 0 aliphatic carbocycles. The second kappa shape index (κ2) is 6.61. The second-order valence-corrected chi connectivity index (χ2v) is 5.92. The summed E-state index contributed by atoms with van der Waals surface area (Å²) in [5.74, 6) is -0.0761. The molecule has 2 heterocycles. The van der Waals surface area contributed by atoms with Crippen LogP contribution in [-0.4, -0.2) is 25.3 Å². The first-order valence-corrected chi connectivity index (χ1v) is 8.02. The van der Waals surface area contributed by atoms with E-state index in [2.05, 4.69) is 5.32 Å². The first-order chi connectivity index (χ1) is 12.6. The minimum absolute atomic E-state index is 0.00172. The highest BCUT2D eigenvalue weighted by Gasteiger charge is 2.17. The van der Waals surface area contributed by atoms with Gasteiger partial charge in [0.2, 0.25) is 12.6 Å². The average Bonchev–Trinajstić information content (AvgIpc) is 3.25. The summed E-state index contributed by atoms with van der Waals surface area (Å²) in [7, 11) is 0. The maximum atomic E-state index is 12.0. The van der Waals surface area contributed by atoms with Gasteiger partial charge in [0.05, 0.1) is 0 Å². The molecule has 3 aromatic rings. The molecule has 0 spiro atoms. The van der Waals surface area contributed by atoms with Crippen molar-refractivity contribution < 1.29 is 28.2 Å². The summed E-state index contributed by atoms with van der Waals surface area (Å²) < 4.78 is 20.8. The Morgan fingerprint density at radius 1 is 1.08 bits per heavy atom. The Labute approximate surface area is 152 Å². The average molecular weight is 374 g/mol. The van der Waals surface area contributed by atoms with E-state index < -0.39 is 18.5 Å². The van der Waals surface area contributed by atoms with E-state index in [1.54, 1.807) is 36.4 Å². The van der Waals surface area contributed by atoms with Gasteiger partial charge in [0.25, 0.3) is 5.91 Å². The van der Waals surface area contributed by atoms with E-state index in [-0.39, 0.29) is 12.6 Å². The van der Waals surface area contributed by atoms with Crippen molar-refractivity contribution in [1.29, 1.82) is 0 Å². The van der Waals surface area contributed by atoms with Gasteiger partial charge in [-0.1, -0.05) is 11.6 Å². The van der Waals surface area contributed by atoms with E-state index in [1.807, 2.05) is 0 Å². The summed E-state index contributed by atoms with van der Waals surface area (Å²) in [5, 5.41) is 3.82. The second-order valence-electron chi connectivity index (χ2n) is 5.49. The number of carbonyl (C=O) groups is 2. The van der Waals surface area contributed by atoms with Crippen molar-refractivity contribution in [1.82, 2.24) is 0 Å². The maximum Gasteiger partial charge on any atom is 0.374 e. The van der Waals surface area contributed by atoms with Crippen LogP contribution >= 0.6 is 11.6 Å². The van der Waals surface area contributed by atoms with Crippen molar-refractivity contribution in [2.24, 2.45) is 0 Å². The predicted molar refractivity (Wildman–Crippen MR) is 92.7 cm³/mol. The monoisotopic (exact) mass is 373 g/mol. The Hall–Kier alpha value is -3.19. The number of ether oxygens (including phenoxy) is 3. The molecule has 0 radical (unpaired) electrons.